The van der Waals surface area contributed by atoms with Crippen LogP contribution in [0.1, 0.15) is 18.4 Å². The Kier molecular flexibility index (Phi) is 3.93. The van der Waals surface area contributed by atoms with Crippen molar-refractivity contribution in [3.05, 3.63) is 35.6 Å². The summed E-state index contributed by atoms with van der Waals surface area (Å²) in [5.41, 5.74) is 1.81. The lowest BCUT2D eigenvalue weighted by Crippen LogP contribution is -2.56. The maximum Gasteiger partial charge on any atom is 0.129 e. The van der Waals surface area contributed by atoms with Crippen LogP contribution in [0.3, 0.4) is 0 Å². The molecule has 24 heavy (non-hydrogen) atoms. The minimum absolute atomic E-state index is 0.0583. The summed E-state index contributed by atoms with van der Waals surface area (Å²) in [7, 11) is 2.16. The summed E-state index contributed by atoms with van der Waals surface area (Å²) in [6.45, 7) is 6.65. The van der Waals surface area contributed by atoms with E-state index in [2.05, 4.69) is 29.8 Å². The van der Waals surface area contributed by atoms with Crippen LogP contribution in [-0.2, 0) is 4.74 Å². The second-order valence-electron chi connectivity index (χ2n) is 7.22. The summed E-state index contributed by atoms with van der Waals surface area (Å²) in [6, 6.07) is 6.96. The summed E-state index contributed by atoms with van der Waals surface area (Å²) in [6.07, 6.45) is 2.11. The number of aromatic nitrogens is 1. The Bertz CT molecular complexity index is 756. The van der Waals surface area contributed by atoms with Crippen molar-refractivity contribution in [2.24, 2.45) is 0 Å². The van der Waals surface area contributed by atoms with Crippen LogP contribution in [0.4, 0.5) is 10.2 Å². The minimum Gasteiger partial charge on any atom is -0.371 e. The fourth-order valence-corrected chi connectivity index (χ4v) is 3.89. The lowest BCUT2D eigenvalue weighted by molar-refractivity contribution is -0.0884. The number of benzene rings is 1. The Morgan fingerprint density at radius 2 is 1.96 bits per heavy atom. The number of nitrogens with zero attached hydrogens (tertiary/aromatic N) is 3. The maximum absolute atomic E-state index is 13.6. The van der Waals surface area contributed by atoms with E-state index in [9.17, 15) is 4.39 Å². The van der Waals surface area contributed by atoms with Gasteiger partial charge in [-0.2, -0.15) is 0 Å². The quantitative estimate of drug-likeness (QED) is 0.804. The second-order valence-corrected chi connectivity index (χ2v) is 7.22. The van der Waals surface area contributed by atoms with Gasteiger partial charge in [0.2, 0.25) is 0 Å². The SMILES string of the molecule is Cc1cc(N2CCOC3(CCN(C)CC3)C2)nc2cc(F)ccc12. The van der Waals surface area contributed by atoms with E-state index in [1.54, 1.807) is 0 Å². The molecule has 1 aromatic carbocycles. The van der Waals surface area contributed by atoms with Crippen LogP contribution in [0.15, 0.2) is 24.3 Å². The lowest BCUT2D eigenvalue weighted by atomic mass is 9.89. The Morgan fingerprint density at radius 3 is 2.75 bits per heavy atom. The smallest absolute Gasteiger partial charge is 0.129 e. The van der Waals surface area contributed by atoms with Crippen LogP contribution in [0, 0.1) is 12.7 Å². The number of hydrogen-bond donors (Lipinski definition) is 0. The van der Waals surface area contributed by atoms with Crippen molar-refractivity contribution < 1.29 is 9.13 Å². The zero-order valence-corrected chi connectivity index (χ0v) is 14.4. The summed E-state index contributed by atoms with van der Waals surface area (Å²) in [5.74, 6) is 0.701. The molecular weight excluding hydrogens is 305 g/mol. The number of piperidine rings is 1. The Hall–Kier alpha value is -1.72. The van der Waals surface area contributed by atoms with Crippen molar-refractivity contribution in [3.8, 4) is 0 Å². The molecule has 2 aliphatic heterocycles. The molecule has 5 heteroatoms. The molecule has 0 aliphatic carbocycles. The number of pyridine rings is 1. The molecule has 0 atom stereocenters. The first-order chi connectivity index (χ1) is 11.5. The first-order valence-electron chi connectivity index (χ1n) is 8.69. The topological polar surface area (TPSA) is 28.6 Å². The first-order valence-corrected chi connectivity index (χ1v) is 8.69. The van der Waals surface area contributed by atoms with Crippen LogP contribution >= 0.6 is 0 Å². The highest BCUT2D eigenvalue weighted by Crippen LogP contribution is 2.32. The molecule has 0 unspecified atom stereocenters. The predicted octanol–water partition coefficient (Wildman–Crippen LogP) is 2.98. The number of aryl methyl sites for hydroxylation is 1. The summed E-state index contributed by atoms with van der Waals surface area (Å²) < 4.78 is 19.8. The van der Waals surface area contributed by atoms with E-state index < -0.39 is 0 Å². The van der Waals surface area contributed by atoms with Gasteiger partial charge in [0.1, 0.15) is 11.6 Å². The molecule has 4 rings (SSSR count). The van der Waals surface area contributed by atoms with E-state index in [4.69, 9.17) is 9.72 Å². The van der Waals surface area contributed by atoms with Gasteiger partial charge in [0.15, 0.2) is 0 Å². The second kappa shape index (κ2) is 5.97. The number of ether oxygens (including phenoxy) is 1. The van der Waals surface area contributed by atoms with Crippen molar-refractivity contribution in [2.45, 2.75) is 25.4 Å². The molecule has 0 amide bonds. The molecule has 4 nitrogen and oxygen atoms in total. The number of halogens is 1. The Labute approximate surface area is 142 Å². The third-order valence-electron chi connectivity index (χ3n) is 5.44. The van der Waals surface area contributed by atoms with Gasteiger partial charge in [-0.1, -0.05) is 0 Å². The van der Waals surface area contributed by atoms with Crippen LogP contribution in [-0.4, -0.2) is 55.3 Å². The minimum atomic E-state index is -0.236. The molecule has 1 spiro atoms. The van der Waals surface area contributed by atoms with Gasteiger partial charge < -0.3 is 14.5 Å². The van der Waals surface area contributed by atoms with E-state index in [0.29, 0.717) is 0 Å². The van der Waals surface area contributed by atoms with Gasteiger partial charge in [0, 0.05) is 37.6 Å². The third-order valence-corrected chi connectivity index (χ3v) is 5.44. The normalized spacial score (nSPS) is 21.5. The number of hydrogen-bond acceptors (Lipinski definition) is 4. The van der Waals surface area contributed by atoms with Gasteiger partial charge in [0.05, 0.1) is 17.7 Å². The van der Waals surface area contributed by atoms with E-state index in [-0.39, 0.29) is 11.4 Å². The van der Waals surface area contributed by atoms with E-state index >= 15 is 0 Å². The van der Waals surface area contributed by atoms with Crippen LogP contribution in [0.25, 0.3) is 10.9 Å². The highest BCUT2D eigenvalue weighted by atomic mass is 19.1. The average molecular weight is 329 g/mol. The third kappa shape index (κ3) is 2.87. The van der Waals surface area contributed by atoms with Crippen LogP contribution in [0.2, 0.25) is 0 Å². The standard InChI is InChI=1S/C19H24FN3O/c1-14-11-18(21-17-12-15(20)3-4-16(14)17)23-9-10-24-19(13-23)5-7-22(2)8-6-19/h3-4,11-12H,5-10,13H2,1-2H3. The van der Waals surface area contributed by atoms with Gasteiger partial charge in [-0.3, -0.25) is 0 Å². The van der Waals surface area contributed by atoms with Crippen molar-refractivity contribution in [1.29, 1.82) is 0 Å². The Morgan fingerprint density at radius 1 is 1.17 bits per heavy atom. The molecule has 2 aromatic rings. The van der Waals surface area contributed by atoms with Gasteiger partial charge in [-0.05, 0) is 50.6 Å². The predicted molar refractivity (Wildman–Crippen MR) is 94.1 cm³/mol. The molecule has 2 saturated heterocycles. The van der Waals surface area contributed by atoms with Gasteiger partial charge in [-0.25, -0.2) is 9.37 Å². The monoisotopic (exact) mass is 329 g/mol. The molecule has 2 aliphatic rings. The highest BCUT2D eigenvalue weighted by Gasteiger charge is 2.39. The zero-order valence-electron chi connectivity index (χ0n) is 14.4. The van der Waals surface area contributed by atoms with Crippen molar-refractivity contribution in [2.75, 3.05) is 44.7 Å². The van der Waals surface area contributed by atoms with Crippen LogP contribution < -0.4 is 4.90 Å². The summed E-state index contributed by atoms with van der Waals surface area (Å²) in [5, 5.41) is 1.02. The number of likely N-dealkylation sites (tertiary alicyclic amines) is 1. The molecule has 2 fully saturated rings. The molecule has 128 valence electrons. The van der Waals surface area contributed by atoms with E-state index in [1.165, 1.54) is 12.1 Å². The Balaban J connectivity index is 1.64. The van der Waals surface area contributed by atoms with E-state index in [1.807, 2.05) is 6.07 Å². The number of anilines is 1. The largest absolute Gasteiger partial charge is 0.371 e. The first kappa shape index (κ1) is 15.8. The van der Waals surface area contributed by atoms with E-state index in [0.717, 1.165) is 67.9 Å². The lowest BCUT2D eigenvalue weighted by Gasteiger charge is -2.47. The molecule has 0 N–H and O–H groups in total. The highest BCUT2D eigenvalue weighted by molar-refractivity contribution is 5.84. The number of rotatable bonds is 1. The molecule has 0 bridgehead atoms. The molecular formula is C19H24FN3O. The molecule has 0 radical (unpaired) electrons. The van der Waals surface area contributed by atoms with Crippen molar-refractivity contribution in [1.82, 2.24) is 9.88 Å². The van der Waals surface area contributed by atoms with Crippen LogP contribution in [0.5, 0.6) is 0 Å². The van der Waals surface area contributed by atoms with Crippen molar-refractivity contribution >= 4 is 16.7 Å². The van der Waals surface area contributed by atoms with Gasteiger partial charge in [0.25, 0.3) is 0 Å². The fraction of sp³-hybridized carbons (Fsp3) is 0.526. The molecule has 1 aromatic heterocycles. The van der Waals surface area contributed by atoms with Gasteiger partial charge in [-0.15, -0.1) is 0 Å². The maximum atomic E-state index is 13.6. The van der Waals surface area contributed by atoms with Crippen molar-refractivity contribution in [3.63, 3.8) is 0 Å². The average Bonchev–Trinajstić information content (AvgIpc) is 2.57. The fourth-order valence-electron chi connectivity index (χ4n) is 3.89. The number of morpholine rings is 1. The molecule has 0 saturated carbocycles. The summed E-state index contributed by atoms with van der Waals surface area (Å²) in [4.78, 5) is 9.40. The molecule has 3 heterocycles. The number of fused-ring (bicyclic) bond motifs is 1. The summed E-state index contributed by atoms with van der Waals surface area (Å²) >= 11 is 0. The van der Waals surface area contributed by atoms with Gasteiger partial charge >= 0.3 is 0 Å². The zero-order chi connectivity index (χ0) is 16.7.